The number of nitrogen functional groups attached to an aromatic ring is 1. The fraction of sp³-hybridized carbons (Fsp3) is 0.222. The summed E-state index contributed by atoms with van der Waals surface area (Å²) >= 11 is 0. The van der Waals surface area contributed by atoms with Gasteiger partial charge in [-0.2, -0.15) is 10.2 Å². The van der Waals surface area contributed by atoms with Crippen LogP contribution in [-0.4, -0.2) is 14.1 Å². The second kappa shape index (κ2) is 2.85. The van der Waals surface area contributed by atoms with E-state index in [1.807, 2.05) is 6.07 Å². The van der Waals surface area contributed by atoms with Crippen LogP contribution in [0.15, 0.2) is 11.0 Å². The minimum atomic E-state index is -0.297. The van der Waals surface area contributed by atoms with Gasteiger partial charge in [0.05, 0.1) is 5.56 Å². The van der Waals surface area contributed by atoms with Gasteiger partial charge >= 0.3 is 0 Å². The van der Waals surface area contributed by atoms with E-state index in [-0.39, 0.29) is 11.5 Å². The Kier molecular flexibility index (Phi) is 1.76. The first-order chi connectivity index (χ1) is 7.06. The fourth-order valence-electron chi connectivity index (χ4n) is 1.50. The van der Waals surface area contributed by atoms with Crippen molar-refractivity contribution in [3.8, 4) is 6.07 Å². The number of nitrogens with zero attached hydrogens (tertiary/aromatic N) is 4. The monoisotopic (exact) mass is 203 g/mol. The minimum absolute atomic E-state index is 0.137. The molecular weight excluding hydrogens is 194 g/mol. The molecule has 0 aliphatic carbocycles. The first kappa shape index (κ1) is 9.27. The summed E-state index contributed by atoms with van der Waals surface area (Å²) in [5.41, 5.74) is 6.02. The van der Waals surface area contributed by atoms with Gasteiger partial charge in [-0.15, -0.1) is 0 Å². The zero-order valence-corrected chi connectivity index (χ0v) is 8.35. The van der Waals surface area contributed by atoms with Gasteiger partial charge in [0.25, 0.3) is 5.56 Å². The molecule has 2 N–H and O–H groups in total. The molecule has 0 saturated heterocycles. The van der Waals surface area contributed by atoms with Crippen LogP contribution < -0.4 is 11.3 Å². The summed E-state index contributed by atoms with van der Waals surface area (Å²) in [6.07, 6.45) is 1.57. The Labute approximate surface area is 85.2 Å². The molecule has 0 bridgehead atoms. The molecular formula is C9H9N5O. The normalized spacial score (nSPS) is 10.5. The second-order valence-electron chi connectivity index (χ2n) is 3.30. The van der Waals surface area contributed by atoms with Crippen LogP contribution in [-0.2, 0) is 14.1 Å². The molecule has 0 spiro atoms. The van der Waals surface area contributed by atoms with E-state index < -0.39 is 0 Å². The van der Waals surface area contributed by atoms with E-state index in [1.165, 1.54) is 11.6 Å². The lowest BCUT2D eigenvalue weighted by atomic mass is 10.2. The molecule has 0 saturated carbocycles. The average molecular weight is 203 g/mol. The van der Waals surface area contributed by atoms with E-state index in [1.54, 1.807) is 17.8 Å². The molecule has 2 aromatic heterocycles. The van der Waals surface area contributed by atoms with Crippen molar-refractivity contribution in [2.45, 2.75) is 0 Å². The maximum atomic E-state index is 11.8. The van der Waals surface area contributed by atoms with Gasteiger partial charge in [-0.1, -0.05) is 0 Å². The standard InChI is InChI=1S/C9H9N5O/c1-13-4-5(3-10)6-7(13)12-9(11)14(2)8(6)15/h4H,1-2H3,(H2,11,12). The van der Waals surface area contributed by atoms with Crippen molar-refractivity contribution in [3.63, 3.8) is 0 Å². The zero-order valence-electron chi connectivity index (χ0n) is 8.35. The van der Waals surface area contributed by atoms with E-state index in [9.17, 15) is 4.79 Å². The lowest BCUT2D eigenvalue weighted by molar-refractivity contribution is 0.849. The second-order valence-corrected chi connectivity index (χ2v) is 3.30. The molecule has 0 aromatic carbocycles. The smallest absolute Gasteiger partial charge is 0.265 e. The van der Waals surface area contributed by atoms with E-state index in [0.717, 1.165) is 0 Å². The molecule has 6 nitrogen and oxygen atoms in total. The van der Waals surface area contributed by atoms with Gasteiger partial charge in [0.15, 0.2) is 5.65 Å². The van der Waals surface area contributed by atoms with Gasteiger partial charge in [-0.05, 0) is 0 Å². The van der Waals surface area contributed by atoms with Crippen LogP contribution in [0.4, 0.5) is 5.95 Å². The predicted octanol–water partition coefficient (Wildman–Crippen LogP) is -0.274. The summed E-state index contributed by atoms with van der Waals surface area (Å²) in [6.45, 7) is 0. The van der Waals surface area contributed by atoms with Crippen LogP contribution in [0, 0.1) is 11.3 Å². The van der Waals surface area contributed by atoms with Gasteiger partial charge in [0.2, 0.25) is 5.95 Å². The quantitative estimate of drug-likeness (QED) is 0.638. The molecule has 0 fully saturated rings. The summed E-state index contributed by atoms with van der Waals surface area (Å²) in [4.78, 5) is 15.9. The minimum Gasteiger partial charge on any atom is -0.369 e. The maximum Gasteiger partial charge on any atom is 0.265 e. The van der Waals surface area contributed by atoms with E-state index in [0.29, 0.717) is 16.6 Å². The molecule has 0 aliphatic heterocycles. The van der Waals surface area contributed by atoms with Crippen molar-refractivity contribution in [1.82, 2.24) is 14.1 Å². The molecule has 76 valence electrons. The molecule has 2 aromatic rings. The fourth-order valence-corrected chi connectivity index (χ4v) is 1.50. The molecule has 0 amide bonds. The van der Waals surface area contributed by atoms with Crippen molar-refractivity contribution in [2.75, 3.05) is 5.73 Å². The van der Waals surface area contributed by atoms with Gasteiger partial charge in [0.1, 0.15) is 11.5 Å². The van der Waals surface area contributed by atoms with Crippen molar-refractivity contribution in [2.24, 2.45) is 14.1 Å². The summed E-state index contributed by atoms with van der Waals surface area (Å²) in [6, 6.07) is 1.96. The molecule has 15 heavy (non-hydrogen) atoms. The number of hydrogen-bond donors (Lipinski definition) is 1. The third-order valence-electron chi connectivity index (χ3n) is 2.35. The van der Waals surface area contributed by atoms with Crippen LogP contribution in [0.1, 0.15) is 5.56 Å². The van der Waals surface area contributed by atoms with Crippen LogP contribution >= 0.6 is 0 Å². The maximum absolute atomic E-state index is 11.8. The first-order valence-electron chi connectivity index (χ1n) is 4.28. The third kappa shape index (κ3) is 1.10. The van der Waals surface area contributed by atoms with Gasteiger partial charge < -0.3 is 10.3 Å². The van der Waals surface area contributed by atoms with E-state index in [2.05, 4.69) is 4.98 Å². The first-order valence-corrected chi connectivity index (χ1v) is 4.28. The van der Waals surface area contributed by atoms with Gasteiger partial charge in [-0.25, -0.2) is 0 Å². The van der Waals surface area contributed by atoms with Crippen LogP contribution in [0.5, 0.6) is 0 Å². The Morgan fingerprint density at radius 3 is 2.80 bits per heavy atom. The SMILES string of the molecule is Cn1c(N)nc2c(c(C#N)cn2C)c1=O. The number of aryl methyl sites for hydroxylation is 1. The highest BCUT2D eigenvalue weighted by atomic mass is 16.1. The molecule has 0 atom stereocenters. The third-order valence-corrected chi connectivity index (χ3v) is 2.35. The summed E-state index contributed by atoms with van der Waals surface area (Å²) in [7, 11) is 3.24. The number of nitrogens with two attached hydrogens (primary N) is 1. The highest BCUT2D eigenvalue weighted by Gasteiger charge is 2.13. The highest BCUT2D eigenvalue weighted by Crippen LogP contribution is 2.14. The van der Waals surface area contributed by atoms with Gasteiger partial charge in [-0.3, -0.25) is 9.36 Å². The van der Waals surface area contributed by atoms with Crippen molar-refractivity contribution in [3.05, 3.63) is 22.1 Å². The molecule has 6 heteroatoms. The van der Waals surface area contributed by atoms with Gasteiger partial charge in [0, 0.05) is 20.3 Å². The van der Waals surface area contributed by atoms with E-state index >= 15 is 0 Å². The van der Waals surface area contributed by atoms with Crippen LogP contribution in [0.2, 0.25) is 0 Å². The molecule has 0 unspecified atom stereocenters. The Balaban J connectivity index is 3.10. The molecule has 0 aliphatic rings. The number of rotatable bonds is 0. The Bertz CT molecular complexity index is 643. The Hall–Kier alpha value is -2.29. The molecule has 2 rings (SSSR count). The zero-order chi connectivity index (χ0) is 11.2. The summed E-state index contributed by atoms with van der Waals surface area (Å²) in [5.74, 6) is 0.137. The van der Waals surface area contributed by atoms with Crippen molar-refractivity contribution in [1.29, 1.82) is 5.26 Å². The Morgan fingerprint density at radius 1 is 1.53 bits per heavy atom. The molecule has 2 heterocycles. The lowest BCUT2D eigenvalue weighted by Crippen LogP contribution is -2.21. The highest BCUT2D eigenvalue weighted by molar-refractivity contribution is 5.83. The van der Waals surface area contributed by atoms with Crippen molar-refractivity contribution < 1.29 is 0 Å². The topological polar surface area (TPSA) is 89.6 Å². The van der Waals surface area contributed by atoms with Crippen LogP contribution in [0.3, 0.4) is 0 Å². The number of aromatic nitrogens is 3. The number of hydrogen-bond acceptors (Lipinski definition) is 4. The largest absolute Gasteiger partial charge is 0.369 e. The average Bonchev–Trinajstić information content (AvgIpc) is 2.52. The van der Waals surface area contributed by atoms with E-state index in [4.69, 9.17) is 11.0 Å². The predicted molar refractivity (Wildman–Crippen MR) is 55.1 cm³/mol. The van der Waals surface area contributed by atoms with Crippen LogP contribution in [0.25, 0.3) is 11.0 Å². The molecule has 0 radical (unpaired) electrons. The number of fused-ring (bicyclic) bond motifs is 1. The Morgan fingerprint density at radius 2 is 2.20 bits per heavy atom. The lowest BCUT2D eigenvalue weighted by Gasteiger charge is -2.02. The summed E-state index contributed by atoms with van der Waals surface area (Å²) < 4.78 is 2.84. The van der Waals surface area contributed by atoms with Crippen molar-refractivity contribution >= 4 is 17.0 Å². The number of anilines is 1. The summed E-state index contributed by atoms with van der Waals surface area (Å²) in [5, 5.41) is 9.18. The number of nitriles is 1.